The van der Waals surface area contributed by atoms with Crippen LogP contribution in [0.3, 0.4) is 0 Å². The molecule has 0 aliphatic carbocycles. The number of hydrogen-bond donors (Lipinski definition) is 3. The average Bonchev–Trinajstić information content (AvgIpc) is 1.60. The van der Waals surface area contributed by atoms with E-state index in [4.69, 9.17) is 15.4 Å². The quantitative estimate of drug-likeness (QED) is 0.372. The minimum atomic E-state index is -4.27. The van der Waals surface area contributed by atoms with Crippen LogP contribution in [-0.4, -0.2) is 73.6 Å². The van der Waals surface area contributed by atoms with Crippen LogP contribution in [-0.2, 0) is 14.9 Å². The number of carboxylic acid groups (broad SMARTS) is 1. The Hall–Kier alpha value is 0.600. The summed E-state index contributed by atoms with van der Waals surface area (Å²) in [6, 6.07) is -1.56. The van der Waals surface area contributed by atoms with Crippen molar-refractivity contribution in [2.75, 3.05) is 5.75 Å². The van der Waals surface area contributed by atoms with Crippen LogP contribution >= 0.6 is 0 Å². The molecule has 0 aromatic carbocycles. The maximum Gasteiger partial charge on any atom is 2.00 e. The standard InChI is InChI=1S/C3H7NO5S.Ca.2H/c4-2(3(5)6)1-10(7,8)9;;;/h2H,1,4H2,(H,5,6)(H,7,8,9);;;/q;+2;2*-1/t2-;;;/m1.../s1. The first-order valence-corrected chi connectivity index (χ1v) is 3.87. The van der Waals surface area contributed by atoms with E-state index in [-0.39, 0.29) is 40.6 Å². The van der Waals surface area contributed by atoms with Gasteiger partial charge in [0, 0.05) is 0 Å². The summed E-state index contributed by atoms with van der Waals surface area (Å²) in [5.74, 6) is -2.42. The zero-order valence-corrected chi connectivity index (χ0v) is 8.62. The number of carboxylic acids is 1. The molecule has 64 valence electrons. The summed E-state index contributed by atoms with van der Waals surface area (Å²) in [5.41, 5.74) is 4.76. The largest absolute Gasteiger partial charge is 2.00 e. The van der Waals surface area contributed by atoms with Gasteiger partial charge in [-0.2, -0.15) is 8.42 Å². The molecule has 0 saturated heterocycles. The summed E-state index contributed by atoms with van der Waals surface area (Å²) in [6.07, 6.45) is 0. The predicted molar refractivity (Wildman–Crippen MR) is 40.0 cm³/mol. The SMILES string of the molecule is N[C@H](CS(=O)(=O)O)C(=O)O.[Ca+2].[H-].[H-]. The van der Waals surface area contributed by atoms with Gasteiger partial charge in [0.1, 0.15) is 11.8 Å². The molecule has 0 spiro atoms. The fraction of sp³-hybridized carbons (Fsp3) is 0.667. The molecule has 0 aliphatic rings. The van der Waals surface area contributed by atoms with Crippen LogP contribution in [0.2, 0.25) is 0 Å². The van der Waals surface area contributed by atoms with E-state index in [1.54, 1.807) is 0 Å². The van der Waals surface area contributed by atoms with Crippen LogP contribution < -0.4 is 5.73 Å². The summed E-state index contributed by atoms with van der Waals surface area (Å²) < 4.78 is 28.0. The Morgan fingerprint density at radius 3 is 2.09 bits per heavy atom. The van der Waals surface area contributed by atoms with Crippen molar-refractivity contribution in [3.63, 3.8) is 0 Å². The number of aliphatic carboxylic acids is 1. The minimum absolute atomic E-state index is 0. The fourth-order valence-corrected chi connectivity index (χ4v) is 0.895. The number of rotatable bonds is 3. The Morgan fingerprint density at radius 1 is 1.64 bits per heavy atom. The van der Waals surface area contributed by atoms with Crippen molar-refractivity contribution in [3.8, 4) is 0 Å². The third-order valence-corrected chi connectivity index (χ3v) is 1.49. The molecule has 0 rings (SSSR count). The third kappa shape index (κ3) is 8.51. The predicted octanol–water partition coefficient (Wildman–Crippen LogP) is -1.87. The minimum Gasteiger partial charge on any atom is -1.00 e. The molecule has 1 atom stereocenters. The maximum absolute atomic E-state index is 9.96. The molecule has 0 heterocycles. The Bertz CT molecular complexity index is 232. The second-order valence-corrected chi connectivity index (χ2v) is 3.19. The Morgan fingerprint density at radius 2 is 2.00 bits per heavy atom. The molecule has 0 saturated carbocycles. The molecule has 11 heavy (non-hydrogen) atoms. The molecule has 0 amide bonds. The molecule has 0 radical (unpaired) electrons. The zero-order valence-electron chi connectivity index (χ0n) is 7.60. The van der Waals surface area contributed by atoms with Crippen LogP contribution in [0.5, 0.6) is 0 Å². The summed E-state index contributed by atoms with van der Waals surface area (Å²) in [5, 5.41) is 8.04. The normalized spacial score (nSPS) is 13.3. The van der Waals surface area contributed by atoms with E-state index in [0.29, 0.717) is 0 Å². The zero-order chi connectivity index (χ0) is 8.36. The molecule has 0 fully saturated rings. The van der Waals surface area contributed by atoms with Crippen LogP contribution in [0.25, 0.3) is 0 Å². The van der Waals surface area contributed by atoms with E-state index >= 15 is 0 Å². The van der Waals surface area contributed by atoms with Crippen LogP contribution in [0, 0.1) is 0 Å². The van der Waals surface area contributed by atoms with E-state index in [1.807, 2.05) is 0 Å². The van der Waals surface area contributed by atoms with Crippen molar-refractivity contribution in [1.82, 2.24) is 0 Å². The molecular weight excluding hydrogens is 202 g/mol. The fourth-order valence-electron chi connectivity index (χ4n) is 0.298. The van der Waals surface area contributed by atoms with Crippen molar-refractivity contribution in [2.45, 2.75) is 6.04 Å². The Balaban J connectivity index is -0.000000135. The van der Waals surface area contributed by atoms with E-state index < -0.39 is 27.9 Å². The van der Waals surface area contributed by atoms with Gasteiger partial charge in [-0.05, 0) is 0 Å². The first-order valence-electron chi connectivity index (χ1n) is 2.26. The second-order valence-electron chi connectivity index (χ2n) is 1.69. The van der Waals surface area contributed by atoms with Crippen molar-refractivity contribution in [3.05, 3.63) is 0 Å². The van der Waals surface area contributed by atoms with Gasteiger partial charge in [0.05, 0.1) is 0 Å². The van der Waals surface area contributed by atoms with Gasteiger partial charge in [-0.3, -0.25) is 9.35 Å². The van der Waals surface area contributed by atoms with Crippen LogP contribution in [0.1, 0.15) is 2.85 Å². The molecule has 0 unspecified atom stereocenters. The Labute approximate surface area is 96.5 Å². The van der Waals surface area contributed by atoms with Gasteiger partial charge >= 0.3 is 43.7 Å². The van der Waals surface area contributed by atoms with Crippen LogP contribution in [0.4, 0.5) is 0 Å². The van der Waals surface area contributed by atoms with E-state index in [2.05, 4.69) is 0 Å². The van der Waals surface area contributed by atoms with E-state index in [1.165, 1.54) is 0 Å². The van der Waals surface area contributed by atoms with Gasteiger partial charge < -0.3 is 13.7 Å². The van der Waals surface area contributed by atoms with Gasteiger partial charge in [-0.15, -0.1) is 0 Å². The number of hydrogen-bond acceptors (Lipinski definition) is 4. The average molecular weight is 211 g/mol. The number of nitrogens with two attached hydrogens (primary N) is 1. The van der Waals surface area contributed by atoms with Crippen molar-refractivity contribution in [2.24, 2.45) is 5.73 Å². The van der Waals surface area contributed by atoms with Gasteiger partial charge in [-0.1, -0.05) is 0 Å². The molecule has 8 heteroatoms. The molecular formula is C3H9CaNO5S. The molecule has 0 aliphatic heterocycles. The summed E-state index contributed by atoms with van der Waals surface area (Å²) in [6.45, 7) is 0. The third-order valence-electron chi connectivity index (χ3n) is 0.707. The van der Waals surface area contributed by atoms with Gasteiger partial charge in [0.2, 0.25) is 0 Å². The first-order chi connectivity index (χ1) is 4.33. The molecule has 0 aromatic heterocycles. The molecule has 0 bridgehead atoms. The topological polar surface area (TPSA) is 118 Å². The monoisotopic (exact) mass is 211 g/mol. The van der Waals surface area contributed by atoms with Crippen molar-refractivity contribution in [1.29, 1.82) is 0 Å². The van der Waals surface area contributed by atoms with E-state index in [0.717, 1.165) is 0 Å². The second kappa shape index (κ2) is 5.28. The summed E-state index contributed by atoms with van der Waals surface area (Å²) >= 11 is 0. The summed E-state index contributed by atoms with van der Waals surface area (Å²) in [7, 11) is -4.27. The van der Waals surface area contributed by atoms with Gasteiger partial charge in [0.25, 0.3) is 10.1 Å². The van der Waals surface area contributed by atoms with Gasteiger partial charge in [-0.25, -0.2) is 0 Å². The Kier molecular flexibility index (Phi) is 6.79. The van der Waals surface area contributed by atoms with Crippen molar-refractivity contribution >= 4 is 53.8 Å². The molecule has 6 nitrogen and oxygen atoms in total. The van der Waals surface area contributed by atoms with Gasteiger partial charge in [0.15, 0.2) is 0 Å². The first kappa shape index (κ1) is 14.1. The maximum atomic E-state index is 9.96. The smallest absolute Gasteiger partial charge is 1.00 e. The summed E-state index contributed by atoms with van der Waals surface area (Å²) in [4.78, 5) is 9.88. The molecule has 0 aromatic rings. The van der Waals surface area contributed by atoms with Crippen LogP contribution in [0.15, 0.2) is 0 Å². The van der Waals surface area contributed by atoms with Crippen molar-refractivity contribution < 1.29 is 25.7 Å². The van der Waals surface area contributed by atoms with E-state index in [9.17, 15) is 13.2 Å². The molecule has 4 N–H and O–H groups in total. The number of carbonyl (C=O) groups is 1.